The first-order chi connectivity index (χ1) is 6.06. The highest BCUT2D eigenvalue weighted by Crippen LogP contribution is 2.14. The number of hydroxylamine groups is 1. The van der Waals surface area contributed by atoms with Gasteiger partial charge < -0.3 is 4.74 Å². The third kappa shape index (κ3) is 11.6. The molecule has 0 aliphatic carbocycles. The Morgan fingerprint density at radius 3 is 2.38 bits per heavy atom. The fourth-order valence-electron chi connectivity index (χ4n) is 0.478. The van der Waals surface area contributed by atoms with Gasteiger partial charge in [-0.05, 0) is 0 Å². The summed E-state index contributed by atoms with van der Waals surface area (Å²) in [5.74, 6) is 0. The topological polar surface area (TPSA) is 39.7 Å². The zero-order valence-electron chi connectivity index (χ0n) is 7.19. The van der Waals surface area contributed by atoms with E-state index in [4.69, 9.17) is 0 Å². The molecule has 4 nitrogen and oxygen atoms in total. The zero-order chi connectivity index (χ0) is 10.2. The summed E-state index contributed by atoms with van der Waals surface area (Å²) >= 11 is 0. The van der Waals surface area contributed by atoms with Gasteiger partial charge in [-0.3, -0.25) is 9.57 Å². The second kappa shape index (κ2) is 7.07. The summed E-state index contributed by atoms with van der Waals surface area (Å²) in [5.41, 5.74) is 2.29. The number of nitrogens with one attached hydrogen (secondary N) is 1. The van der Waals surface area contributed by atoms with E-state index in [2.05, 4.69) is 19.8 Å². The van der Waals surface area contributed by atoms with E-state index in [9.17, 15) is 13.2 Å². The second-order valence-electron chi connectivity index (χ2n) is 2.03. The van der Waals surface area contributed by atoms with Crippen molar-refractivity contribution in [2.45, 2.75) is 6.36 Å². The molecule has 0 aromatic heterocycles. The molecule has 1 N–H and O–H groups in total. The maximum absolute atomic E-state index is 11.4. The van der Waals surface area contributed by atoms with E-state index in [-0.39, 0.29) is 13.2 Å². The summed E-state index contributed by atoms with van der Waals surface area (Å²) in [7, 11) is 1.50. The van der Waals surface area contributed by atoms with Crippen LogP contribution in [0.5, 0.6) is 0 Å². The van der Waals surface area contributed by atoms with Gasteiger partial charge in [-0.1, -0.05) is 0 Å². The van der Waals surface area contributed by atoms with Crippen LogP contribution in [0.3, 0.4) is 0 Å². The number of methoxy groups -OCH3 is 1. The van der Waals surface area contributed by atoms with Crippen LogP contribution in [0.4, 0.5) is 13.2 Å². The van der Waals surface area contributed by atoms with E-state index >= 15 is 0 Å². The molecule has 0 heterocycles. The van der Waals surface area contributed by atoms with Crippen molar-refractivity contribution in [3.05, 3.63) is 0 Å². The average Bonchev–Trinajstić information content (AvgIpc) is 2.01. The molecule has 0 saturated carbocycles. The Balaban J connectivity index is 3.00. The van der Waals surface area contributed by atoms with Crippen molar-refractivity contribution in [1.82, 2.24) is 5.48 Å². The standard InChI is InChI=1S/C6H12F3NO3/c1-11-4-5-13-10-2-3-12-6(7,8)9/h10H,2-5H2,1H3. The summed E-state index contributed by atoms with van der Waals surface area (Å²) in [4.78, 5) is 4.67. The highest BCUT2D eigenvalue weighted by molar-refractivity contribution is 4.34. The fourth-order valence-corrected chi connectivity index (χ4v) is 0.478. The largest absolute Gasteiger partial charge is 0.522 e. The molecule has 7 heteroatoms. The molecule has 0 unspecified atom stereocenters. The van der Waals surface area contributed by atoms with Crippen molar-refractivity contribution in [2.24, 2.45) is 0 Å². The summed E-state index contributed by atoms with van der Waals surface area (Å²) in [6.45, 7) is 0.162. The van der Waals surface area contributed by atoms with Crippen LogP contribution in [-0.2, 0) is 14.3 Å². The number of ether oxygens (including phenoxy) is 2. The first-order valence-electron chi connectivity index (χ1n) is 3.60. The molecule has 0 radical (unpaired) electrons. The van der Waals surface area contributed by atoms with Gasteiger partial charge in [-0.25, -0.2) is 5.48 Å². The van der Waals surface area contributed by atoms with E-state index in [1.165, 1.54) is 7.11 Å². The van der Waals surface area contributed by atoms with Crippen LogP contribution in [0.25, 0.3) is 0 Å². The highest BCUT2D eigenvalue weighted by Gasteiger charge is 2.28. The molecular weight excluding hydrogens is 191 g/mol. The third-order valence-corrected chi connectivity index (χ3v) is 0.961. The Morgan fingerprint density at radius 1 is 1.15 bits per heavy atom. The Labute approximate surface area is 73.9 Å². The lowest BCUT2D eigenvalue weighted by atomic mass is 10.7. The Kier molecular flexibility index (Phi) is 6.87. The number of hydrogen-bond acceptors (Lipinski definition) is 4. The molecular formula is C6H12F3NO3. The minimum atomic E-state index is -4.58. The SMILES string of the molecule is COCCONCCOC(F)(F)F. The number of alkyl halides is 3. The Morgan fingerprint density at radius 2 is 1.85 bits per heavy atom. The first kappa shape index (κ1) is 12.6. The quantitative estimate of drug-likeness (QED) is 0.488. The Hall–Kier alpha value is -0.370. The lowest BCUT2D eigenvalue weighted by Gasteiger charge is -2.08. The average molecular weight is 203 g/mol. The Bertz CT molecular complexity index is 120. The van der Waals surface area contributed by atoms with Crippen LogP contribution >= 0.6 is 0 Å². The van der Waals surface area contributed by atoms with Gasteiger partial charge in [0.25, 0.3) is 0 Å². The van der Waals surface area contributed by atoms with Gasteiger partial charge in [0.15, 0.2) is 0 Å². The van der Waals surface area contributed by atoms with Crippen LogP contribution in [0.1, 0.15) is 0 Å². The van der Waals surface area contributed by atoms with Crippen molar-refractivity contribution < 1.29 is 27.5 Å². The van der Waals surface area contributed by atoms with E-state index in [1.54, 1.807) is 0 Å². The van der Waals surface area contributed by atoms with Crippen LogP contribution < -0.4 is 5.48 Å². The molecule has 0 atom stereocenters. The molecule has 80 valence electrons. The van der Waals surface area contributed by atoms with Crippen LogP contribution in [-0.4, -0.2) is 39.8 Å². The molecule has 0 aromatic carbocycles. The number of halogens is 3. The van der Waals surface area contributed by atoms with Crippen LogP contribution in [0, 0.1) is 0 Å². The predicted molar refractivity (Wildman–Crippen MR) is 37.8 cm³/mol. The molecule has 0 aliphatic heterocycles. The van der Waals surface area contributed by atoms with Gasteiger partial charge >= 0.3 is 6.36 Å². The summed E-state index contributed by atoms with van der Waals surface area (Å²) < 4.78 is 42.2. The van der Waals surface area contributed by atoms with Crippen molar-refractivity contribution >= 4 is 0 Å². The van der Waals surface area contributed by atoms with Gasteiger partial charge in [-0.2, -0.15) is 0 Å². The summed E-state index contributed by atoms with van der Waals surface area (Å²) in [6.07, 6.45) is -4.58. The summed E-state index contributed by atoms with van der Waals surface area (Å²) in [5, 5.41) is 0. The second-order valence-corrected chi connectivity index (χ2v) is 2.03. The molecule has 0 fully saturated rings. The maximum Gasteiger partial charge on any atom is 0.522 e. The third-order valence-electron chi connectivity index (χ3n) is 0.961. The lowest BCUT2D eigenvalue weighted by molar-refractivity contribution is -0.324. The van der Waals surface area contributed by atoms with Crippen molar-refractivity contribution in [2.75, 3.05) is 33.5 Å². The zero-order valence-corrected chi connectivity index (χ0v) is 7.19. The molecule has 0 bridgehead atoms. The van der Waals surface area contributed by atoms with Gasteiger partial charge in [0.1, 0.15) is 0 Å². The van der Waals surface area contributed by atoms with Gasteiger partial charge in [0.2, 0.25) is 0 Å². The van der Waals surface area contributed by atoms with E-state index in [1.807, 2.05) is 0 Å². The normalized spacial score (nSPS) is 12.0. The highest BCUT2D eigenvalue weighted by atomic mass is 19.4. The van der Waals surface area contributed by atoms with Crippen LogP contribution in [0.2, 0.25) is 0 Å². The molecule has 13 heavy (non-hydrogen) atoms. The van der Waals surface area contributed by atoms with Crippen LogP contribution in [0.15, 0.2) is 0 Å². The predicted octanol–water partition coefficient (Wildman–Crippen LogP) is 0.690. The molecule has 0 aromatic rings. The van der Waals surface area contributed by atoms with Gasteiger partial charge in [-0.15, -0.1) is 13.2 Å². The van der Waals surface area contributed by atoms with Gasteiger partial charge in [0.05, 0.1) is 19.8 Å². The molecule has 0 rings (SSSR count). The molecule has 0 saturated heterocycles. The maximum atomic E-state index is 11.4. The first-order valence-corrected chi connectivity index (χ1v) is 3.60. The minimum Gasteiger partial charge on any atom is -0.382 e. The fraction of sp³-hybridized carbons (Fsp3) is 1.00. The van der Waals surface area contributed by atoms with Crippen molar-refractivity contribution in [3.8, 4) is 0 Å². The van der Waals surface area contributed by atoms with Crippen molar-refractivity contribution in [1.29, 1.82) is 0 Å². The summed E-state index contributed by atoms with van der Waals surface area (Å²) in [6, 6.07) is 0. The number of rotatable bonds is 7. The monoisotopic (exact) mass is 203 g/mol. The van der Waals surface area contributed by atoms with E-state index < -0.39 is 13.0 Å². The minimum absolute atomic E-state index is 0.0246. The molecule has 0 spiro atoms. The van der Waals surface area contributed by atoms with Crippen molar-refractivity contribution in [3.63, 3.8) is 0 Å². The van der Waals surface area contributed by atoms with E-state index in [0.717, 1.165) is 0 Å². The number of hydrogen-bond donors (Lipinski definition) is 1. The smallest absolute Gasteiger partial charge is 0.382 e. The van der Waals surface area contributed by atoms with Gasteiger partial charge in [0, 0.05) is 13.7 Å². The molecule has 0 aliphatic rings. The van der Waals surface area contributed by atoms with E-state index in [0.29, 0.717) is 6.61 Å². The lowest BCUT2D eigenvalue weighted by Crippen LogP contribution is -2.25. The molecule has 0 amide bonds.